The molecule has 4 aliphatic heterocycles. The van der Waals surface area contributed by atoms with Crippen molar-refractivity contribution in [1.29, 1.82) is 0 Å². The summed E-state index contributed by atoms with van der Waals surface area (Å²) in [6.45, 7) is 4.41. The number of hydrazine groups is 2. The number of aliphatic hydroxyl groups excluding tert-OH is 3. The Labute approximate surface area is 266 Å². The highest BCUT2D eigenvalue weighted by Crippen LogP contribution is 2.27. The summed E-state index contributed by atoms with van der Waals surface area (Å²) >= 11 is 3.48. The van der Waals surface area contributed by atoms with Crippen molar-refractivity contribution in [1.82, 2.24) is 36.5 Å². The maximum absolute atomic E-state index is 14.2. The van der Waals surface area contributed by atoms with Gasteiger partial charge in [0.25, 0.3) is 17.7 Å². The van der Waals surface area contributed by atoms with E-state index >= 15 is 0 Å². The third-order valence-corrected chi connectivity index (χ3v) is 8.84. The van der Waals surface area contributed by atoms with Crippen LogP contribution in [0.2, 0.25) is 0 Å². The third kappa shape index (κ3) is 7.12. The van der Waals surface area contributed by atoms with Gasteiger partial charge < -0.3 is 30.7 Å². The summed E-state index contributed by atoms with van der Waals surface area (Å²) in [5.41, 5.74) is 3.24. The predicted octanol–water partition coefficient (Wildman–Crippen LogP) is -4.02. The molecule has 0 aliphatic carbocycles. The fraction of sp³-hybridized carbons (Fsp3) is 0.731. The summed E-state index contributed by atoms with van der Waals surface area (Å²) < 4.78 is 5.09. The molecule has 0 aromatic carbocycles. The summed E-state index contributed by atoms with van der Waals surface area (Å²) in [6.07, 6.45) is -2.00. The van der Waals surface area contributed by atoms with Crippen LogP contribution >= 0.6 is 15.9 Å². The van der Waals surface area contributed by atoms with E-state index < -0.39 is 96.2 Å². The summed E-state index contributed by atoms with van der Waals surface area (Å²) in [5, 5.41) is 42.1. The van der Waals surface area contributed by atoms with Crippen LogP contribution in [0.5, 0.6) is 0 Å². The molecule has 0 unspecified atom stereocenters. The lowest BCUT2D eigenvalue weighted by molar-refractivity contribution is -0.167. The summed E-state index contributed by atoms with van der Waals surface area (Å²) in [6, 6.07) is -5.50. The summed E-state index contributed by atoms with van der Waals surface area (Å²) in [5.74, 6) is -5.56. The standard InChI is InChI=1S/C26H39BrN8O10/c1-12-22(42)33-15(7-13(27)8-28-33)23(43)34-14(5-6-25(2,3)32-34)20(40)31-26(4,11-36)24(44)45-10-17(38)35-18(21(41)30-12)19(39)16(37)9-29-35/h9,12-16,18-19,28,32,36-37,39H,5-8,10-11H2,1-4H3,(H,30,41)(H,31,40)/t12-,13-,14-,15+,16+,18-,19+,26-/m0/s1. The Morgan fingerprint density at radius 3 is 2.40 bits per heavy atom. The quantitative estimate of drug-likeness (QED) is 0.102. The van der Waals surface area contributed by atoms with E-state index in [-0.39, 0.29) is 24.2 Å². The van der Waals surface area contributed by atoms with Gasteiger partial charge in [-0.3, -0.25) is 34.0 Å². The molecule has 0 aromatic rings. The number of hydrazone groups is 1. The monoisotopic (exact) mass is 702 g/mol. The van der Waals surface area contributed by atoms with Crippen LogP contribution in [0.4, 0.5) is 0 Å². The van der Waals surface area contributed by atoms with E-state index in [1.165, 1.54) is 13.8 Å². The molecule has 3 saturated heterocycles. The number of esters is 1. The lowest BCUT2D eigenvalue weighted by Gasteiger charge is -2.47. The predicted molar refractivity (Wildman–Crippen MR) is 156 cm³/mol. The molecule has 45 heavy (non-hydrogen) atoms. The number of carbonyl (C=O) groups excluding carboxylic acids is 6. The zero-order chi connectivity index (χ0) is 33.4. The van der Waals surface area contributed by atoms with E-state index in [1.54, 1.807) is 0 Å². The molecule has 0 saturated carbocycles. The Balaban J connectivity index is 1.76. The number of amides is 5. The van der Waals surface area contributed by atoms with Gasteiger partial charge in [-0.05, 0) is 47.0 Å². The van der Waals surface area contributed by atoms with E-state index in [0.29, 0.717) is 11.4 Å². The summed E-state index contributed by atoms with van der Waals surface area (Å²) in [4.78, 5) is 80.8. The largest absolute Gasteiger partial charge is 0.454 e. The Hall–Kier alpha value is -3.23. The number of ether oxygens (including phenoxy) is 1. The van der Waals surface area contributed by atoms with Crippen LogP contribution in [-0.4, -0.2) is 144 Å². The van der Waals surface area contributed by atoms with Crippen molar-refractivity contribution >= 4 is 57.6 Å². The van der Waals surface area contributed by atoms with Gasteiger partial charge in [-0.2, -0.15) is 5.10 Å². The number of hydrogen-bond donors (Lipinski definition) is 7. The van der Waals surface area contributed by atoms with Crippen LogP contribution in [-0.2, 0) is 33.5 Å². The number of nitrogens with one attached hydrogen (secondary N) is 4. The molecule has 250 valence electrons. The van der Waals surface area contributed by atoms with Gasteiger partial charge in [0, 0.05) is 16.9 Å². The molecule has 5 amide bonds. The highest BCUT2D eigenvalue weighted by atomic mass is 79.9. The molecule has 4 rings (SSSR count). The molecule has 0 radical (unpaired) electrons. The number of nitrogens with zero attached hydrogens (tertiary/aromatic N) is 4. The zero-order valence-corrected chi connectivity index (χ0v) is 26.8. The number of cyclic esters (lactones) is 1. The molecule has 0 spiro atoms. The third-order valence-electron chi connectivity index (χ3n) is 8.14. The van der Waals surface area contributed by atoms with Gasteiger partial charge in [-0.1, -0.05) is 15.9 Å². The van der Waals surface area contributed by atoms with Crippen LogP contribution in [0.15, 0.2) is 5.10 Å². The second-order valence-corrected chi connectivity index (χ2v) is 13.7. The van der Waals surface area contributed by atoms with Crippen LogP contribution in [0.3, 0.4) is 0 Å². The molecule has 0 aromatic heterocycles. The van der Waals surface area contributed by atoms with Crippen molar-refractivity contribution in [2.75, 3.05) is 19.8 Å². The first-order chi connectivity index (χ1) is 21.0. The van der Waals surface area contributed by atoms with Crippen LogP contribution in [0, 0.1) is 0 Å². The summed E-state index contributed by atoms with van der Waals surface area (Å²) in [7, 11) is 0. The number of fused-ring (bicyclic) bond motifs is 3. The topological polar surface area (TPSA) is 243 Å². The van der Waals surface area contributed by atoms with E-state index in [0.717, 1.165) is 16.2 Å². The van der Waals surface area contributed by atoms with E-state index in [2.05, 4.69) is 42.5 Å². The number of hydrogen-bond acceptors (Lipinski definition) is 13. The minimum absolute atomic E-state index is 0.121. The number of rotatable bonds is 1. The van der Waals surface area contributed by atoms with E-state index in [1.807, 2.05) is 13.8 Å². The molecule has 4 heterocycles. The molecule has 0 bridgehead atoms. The molecular formula is C26H39BrN8O10. The second kappa shape index (κ2) is 13.2. The molecule has 19 heteroatoms. The highest BCUT2D eigenvalue weighted by molar-refractivity contribution is 9.09. The van der Waals surface area contributed by atoms with Gasteiger partial charge in [0.15, 0.2) is 18.2 Å². The average molecular weight is 704 g/mol. The number of alkyl halides is 1. The molecule has 18 nitrogen and oxygen atoms in total. The number of halogens is 1. The Kier molecular flexibility index (Phi) is 10.2. The Morgan fingerprint density at radius 1 is 1.04 bits per heavy atom. The lowest BCUT2D eigenvalue weighted by atomic mass is 9.91. The first-order valence-corrected chi connectivity index (χ1v) is 15.4. The van der Waals surface area contributed by atoms with Gasteiger partial charge in [0.2, 0.25) is 11.8 Å². The van der Waals surface area contributed by atoms with Gasteiger partial charge in [0.1, 0.15) is 30.3 Å². The second-order valence-electron chi connectivity index (χ2n) is 12.4. The Bertz CT molecular complexity index is 1270. The first-order valence-electron chi connectivity index (χ1n) is 14.4. The van der Waals surface area contributed by atoms with E-state index in [9.17, 15) is 44.1 Å². The van der Waals surface area contributed by atoms with Crippen LogP contribution in [0.1, 0.15) is 47.0 Å². The van der Waals surface area contributed by atoms with Crippen molar-refractivity contribution in [3.63, 3.8) is 0 Å². The molecule has 8 atom stereocenters. The van der Waals surface area contributed by atoms with Crippen molar-refractivity contribution in [2.45, 2.75) is 99.2 Å². The average Bonchev–Trinajstić information content (AvgIpc) is 2.98. The molecule has 3 fully saturated rings. The van der Waals surface area contributed by atoms with Crippen LogP contribution < -0.4 is 21.5 Å². The Morgan fingerprint density at radius 2 is 1.73 bits per heavy atom. The lowest BCUT2D eigenvalue weighted by Crippen LogP contribution is -2.72. The fourth-order valence-corrected chi connectivity index (χ4v) is 5.93. The van der Waals surface area contributed by atoms with Crippen LogP contribution in [0.25, 0.3) is 0 Å². The SMILES string of the molecule is C[C@@H]1NC(=O)[C@@H]2[C@H](O)[C@H](O)C=NN2C(=O)COC(=O)[C@](C)(CO)NC(=O)[C@@H]2CCC(C)(C)NN2C(=O)[C@H]2C[C@H](Br)CNN2C1=O. The molecular weight excluding hydrogens is 664 g/mol. The van der Waals surface area contributed by atoms with Gasteiger partial charge in [0.05, 0.1) is 12.8 Å². The molecule has 7 N–H and O–H groups in total. The van der Waals surface area contributed by atoms with Crippen molar-refractivity contribution in [2.24, 2.45) is 5.10 Å². The number of aliphatic hydroxyl groups is 3. The fourth-order valence-electron chi connectivity index (χ4n) is 5.43. The smallest absolute Gasteiger partial charge is 0.334 e. The highest BCUT2D eigenvalue weighted by Gasteiger charge is 2.49. The molecule has 4 aliphatic rings. The maximum Gasteiger partial charge on any atom is 0.334 e. The van der Waals surface area contributed by atoms with Crippen molar-refractivity contribution in [3.05, 3.63) is 0 Å². The van der Waals surface area contributed by atoms with Gasteiger partial charge in [-0.25, -0.2) is 20.7 Å². The zero-order valence-electron chi connectivity index (χ0n) is 25.2. The minimum Gasteiger partial charge on any atom is -0.454 e. The van der Waals surface area contributed by atoms with Crippen molar-refractivity contribution in [3.8, 4) is 0 Å². The maximum atomic E-state index is 14.2. The minimum atomic E-state index is -2.06. The number of carbonyl (C=O) groups is 6. The van der Waals surface area contributed by atoms with Crippen molar-refractivity contribution < 1.29 is 48.8 Å². The van der Waals surface area contributed by atoms with Gasteiger partial charge >= 0.3 is 5.97 Å². The normalized spacial score (nSPS) is 37.0. The van der Waals surface area contributed by atoms with E-state index in [4.69, 9.17) is 4.74 Å². The van der Waals surface area contributed by atoms with Gasteiger partial charge in [-0.15, -0.1) is 0 Å². The first kappa shape index (κ1) is 34.6.